The zero-order chi connectivity index (χ0) is 33.6. The van der Waals surface area contributed by atoms with Crippen molar-refractivity contribution in [2.24, 2.45) is 0 Å². The smallest absolute Gasteiger partial charge is 0.306 e. The van der Waals surface area contributed by atoms with Crippen LogP contribution in [0, 0.1) is 0 Å². The van der Waals surface area contributed by atoms with Crippen LogP contribution >= 0.6 is 0 Å². The molecule has 0 heterocycles. The molecule has 0 N–H and O–H groups in total. The molecule has 0 amide bonds. The molecular formula is C37H63NO7. The Morgan fingerprint density at radius 3 is 1.93 bits per heavy atom. The van der Waals surface area contributed by atoms with Crippen molar-refractivity contribution in [1.29, 1.82) is 0 Å². The Balaban J connectivity index is 4.49. The van der Waals surface area contributed by atoms with Gasteiger partial charge in [0.05, 0.1) is 40.3 Å². The van der Waals surface area contributed by atoms with Crippen LogP contribution in [-0.2, 0) is 28.6 Å². The fourth-order valence-corrected chi connectivity index (χ4v) is 4.51. The molecule has 258 valence electrons. The Morgan fingerprint density at radius 1 is 0.689 bits per heavy atom. The molecule has 2 unspecified atom stereocenters. The Morgan fingerprint density at radius 2 is 1.29 bits per heavy atom. The van der Waals surface area contributed by atoms with Crippen molar-refractivity contribution in [3.63, 3.8) is 0 Å². The molecule has 0 aromatic carbocycles. The van der Waals surface area contributed by atoms with E-state index < -0.39 is 18.1 Å². The summed E-state index contributed by atoms with van der Waals surface area (Å²) in [4.78, 5) is 36.3. The van der Waals surface area contributed by atoms with Gasteiger partial charge in [0, 0.05) is 19.3 Å². The minimum atomic E-state index is -1.14. The van der Waals surface area contributed by atoms with Gasteiger partial charge in [0.15, 0.2) is 6.10 Å². The summed E-state index contributed by atoms with van der Waals surface area (Å²) in [6.45, 7) is 4.38. The Labute approximate surface area is 274 Å². The number of hydrogen-bond donors (Lipinski definition) is 0. The van der Waals surface area contributed by atoms with Crippen LogP contribution in [0.2, 0.25) is 0 Å². The third-order valence-corrected chi connectivity index (χ3v) is 7.21. The maximum atomic E-state index is 12.5. The van der Waals surface area contributed by atoms with Crippen LogP contribution in [-0.4, -0.2) is 75.5 Å². The molecule has 0 aromatic heterocycles. The van der Waals surface area contributed by atoms with Gasteiger partial charge in [0.25, 0.3) is 0 Å². The van der Waals surface area contributed by atoms with Gasteiger partial charge in [-0.1, -0.05) is 88.1 Å². The van der Waals surface area contributed by atoms with E-state index in [1.165, 1.54) is 12.8 Å². The van der Waals surface area contributed by atoms with Crippen LogP contribution in [0.15, 0.2) is 48.6 Å². The van der Waals surface area contributed by atoms with Gasteiger partial charge in [-0.15, -0.1) is 0 Å². The van der Waals surface area contributed by atoms with E-state index in [4.69, 9.17) is 14.2 Å². The second-order valence-electron chi connectivity index (χ2n) is 12.4. The lowest BCUT2D eigenvalue weighted by Gasteiger charge is -2.34. The molecule has 0 aliphatic rings. The zero-order valence-electron chi connectivity index (χ0n) is 29.0. The summed E-state index contributed by atoms with van der Waals surface area (Å²) in [6, 6.07) is -0.732. The minimum Gasteiger partial charge on any atom is -0.544 e. The molecule has 0 saturated carbocycles. The maximum absolute atomic E-state index is 12.5. The van der Waals surface area contributed by atoms with Crippen LogP contribution in [0.3, 0.4) is 0 Å². The van der Waals surface area contributed by atoms with Crippen molar-refractivity contribution in [1.82, 2.24) is 0 Å². The highest BCUT2D eigenvalue weighted by Crippen LogP contribution is 2.10. The van der Waals surface area contributed by atoms with Crippen molar-refractivity contribution in [2.75, 3.05) is 41.0 Å². The minimum absolute atomic E-state index is 0.0159. The predicted octanol–water partition coefficient (Wildman–Crippen LogP) is 6.79. The van der Waals surface area contributed by atoms with Gasteiger partial charge in [-0.2, -0.15) is 0 Å². The van der Waals surface area contributed by atoms with E-state index in [1.54, 1.807) is 21.1 Å². The molecule has 0 spiro atoms. The summed E-state index contributed by atoms with van der Waals surface area (Å²) in [5.74, 6) is -1.85. The van der Waals surface area contributed by atoms with E-state index in [1.807, 2.05) is 6.08 Å². The summed E-state index contributed by atoms with van der Waals surface area (Å²) in [5.41, 5.74) is 0. The lowest BCUT2D eigenvalue weighted by molar-refractivity contribution is -0.889. The third-order valence-electron chi connectivity index (χ3n) is 7.21. The summed E-state index contributed by atoms with van der Waals surface area (Å²) in [6.07, 6.45) is 30.3. The van der Waals surface area contributed by atoms with Crippen LogP contribution in [0.1, 0.15) is 117 Å². The molecule has 0 saturated heterocycles. The van der Waals surface area contributed by atoms with Gasteiger partial charge >= 0.3 is 11.9 Å². The number of carbonyl (C=O) groups excluding carboxylic acids is 3. The molecule has 0 aliphatic carbocycles. The fourth-order valence-electron chi connectivity index (χ4n) is 4.51. The zero-order valence-corrected chi connectivity index (χ0v) is 29.0. The summed E-state index contributed by atoms with van der Waals surface area (Å²) < 4.78 is 16.9. The van der Waals surface area contributed by atoms with E-state index in [-0.39, 0.29) is 49.1 Å². The standard InChI is InChI=1S/C37H63NO7/c1-6-8-10-12-14-15-16-17-18-19-20-22-23-25-27-35(39)44-32-33(31-43-30-29-34(37(41)42)38(3,4)5)45-36(40)28-26-24-21-13-11-9-7-2/h8,10,14-15,17-18,21,24,33-34H,6-7,9,11-13,16,19-20,22-23,25-32H2,1-5H3/b10-8+,15-14+,18-17+,24-21+. The van der Waals surface area contributed by atoms with Crippen LogP contribution < -0.4 is 5.11 Å². The van der Waals surface area contributed by atoms with Crippen molar-refractivity contribution in [3.8, 4) is 0 Å². The van der Waals surface area contributed by atoms with E-state index in [9.17, 15) is 19.5 Å². The second kappa shape index (κ2) is 28.7. The molecule has 45 heavy (non-hydrogen) atoms. The number of unbranched alkanes of at least 4 members (excludes halogenated alkanes) is 7. The molecule has 0 bridgehead atoms. The largest absolute Gasteiger partial charge is 0.544 e. The lowest BCUT2D eigenvalue weighted by atomic mass is 10.1. The number of rotatable bonds is 29. The number of allylic oxidation sites excluding steroid dienone is 8. The number of carbonyl (C=O) groups is 3. The van der Waals surface area contributed by atoms with Crippen molar-refractivity contribution < 1.29 is 38.2 Å². The van der Waals surface area contributed by atoms with Gasteiger partial charge < -0.3 is 28.6 Å². The van der Waals surface area contributed by atoms with E-state index >= 15 is 0 Å². The van der Waals surface area contributed by atoms with E-state index in [0.717, 1.165) is 64.2 Å². The Kier molecular flexibility index (Phi) is 27.0. The highest BCUT2D eigenvalue weighted by atomic mass is 16.6. The van der Waals surface area contributed by atoms with Gasteiger partial charge in [0.1, 0.15) is 12.6 Å². The van der Waals surface area contributed by atoms with Gasteiger partial charge in [-0.3, -0.25) is 9.59 Å². The average molecular weight is 634 g/mol. The molecule has 0 fully saturated rings. The topological polar surface area (TPSA) is 102 Å². The van der Waals surface area contributed by atoms with Gasteiger partial charge in [-0.25, -0.2) is 0 Å². The molecule has 8 nitrogen and oxygen atoms in total. The van der Waals surface area contributed by atoms with Crippen molar-refractivity contribution >= 4 is 17.9 Å². The Bertz CT molecular complexity index is 886. The number of hydrogen-bond acceptors (Lipinski definition) is 7. The first-order valence-corrected chi connectivity index (χ1v) is 17.2. The van der Waals surface area contributed by atoms with E-state index in [0.29, 0.717) is 12.8 Å². The second-order valence-corrected chi connectivity index (χ2v) is 12.4. The number of quaternary nitrogens is 1. The van der Waals surface area contributed by atoms with Crippen LogP contribution in [0.4, 0.5) is 0 Å². The number of carboxylic acid groups (broad SMARTS) is 1. The third kappa shape index (κ3) is 27.3. The molecule has 0 rings (SSSR count). The van der Waals surface area contributed by atoms with Crippen LogP contribution in [0.25, 0.3) is 0 Å². The number of ether oxygens (including phenoxy) is 3. The monoisotopic (exact) mass is 633 g/mol. The van der Waals surface area contributed by atoms with E-state index in [2.05, 4.69) is 56.4 Å². The number of esters is 2. The Hall–Kier alpha value is -2.71. The van der Waals surface area contributed by atoms with Crippen LogP contribution in [0.5, 0.6) is 0 Å². The molecule has 2 atom stereocenters. The molecule has 0 aliphatic heterocycles. The molecule has 0 radical (unpaired) electrons. The van der Waals surface area contributed by atoms with Gasteiger partial charge in [0.2, 0.25) is 0 Å². The first-order valence-electron chi connectivity index (χ1n) is 17.2. The van der Waals surface area contributed by atoms with Crippen molar-refractivity contribution in [3.05, 3.63) is 48.6 Å². The number of nitrogens with zero attached hydrogens (tertiary/aromatic N) is 1. The first kappa shape index (κ1) is 42.3. The summed E-state index contributed by atoms with van der Waals surface area (Å²) in [7, 11) is 5.36. The van der Waals surface area contributed by atoms with Gasteiger partial charge in [-0.05, 0) is 57.8 Å². The fraction of sp³-hybridized carbons (Fsp3) is 0.703. The lowest BCUT2D eigenvalue weighted by Crippen LogP contribution is -2.55. The highest BCUT2D eigenvalue weighted by molar-refractivity contribution is 5.70. The van der Waals surface area contributed by atoms with Crippen molar-refractivity contribution in [2.45, 2.75) is 129 Å². The molecule has 0 aromatic rings. The normalized spacial score (nSPS) is 13.7. The number of carboxylic acids is 1. The molecular weight excluding hydrogens is 570 g/mol. The predicted molar refractivity (Wildman–Crippen MR) is 180 cm³/mol. The average Bonchev–Trinajstić information content (AvgIpc) is 2.98. The quantitative estimate of drug-likeness (QED) is 0.0387. The maximum Gasteiger partial charge on any atom is 0.306 e. The molecule has 8 heteroatoms. The number of likely N-dealkylation sites (N-methyl/N-ethyl adjacent to an activating group) is 1. The summed E-state index contributed by atoms with van der Waals surface area (Å²) >= 11 is 0. The summed E-state index contributed by atoms with van der Waals surface area (Å²) in [5, 5.41) is 11.5. The first-order chi connectivity index (χ1) is 21.6. The number of aliphatic carboxylic acids is 1. The SMILES string of the molecule is CC/C=C/C/C=C/C/C=C/CCCCCCC(=O)OCC(COCCC(C(=O)[O-])[N+](C)(C)C)OC(=O)CC/C=C/CCCCC. The highest BCUT2D eigenvalue weighted by Gasteiger charge is 2.25.